The number of hydrogen-bond acceptors (Lipinski definition) is 4. The minimum atomic E-state index is -2.86. The number of likely N-dealkylation sites (tertiary alicyclic amines) is 2. The molecule has 0 N–H and O–H groups in total. The molecule has 7 heteroatoms. The van der Waals surface area contributed by atoms with E-state index in [0.29, 0.717) is 31.3 Å². The third-order valence-electron chi connectivity index (χ3n) is 6.33. The first-order chi connectivity index (χ1) is 12.3. The molecule has 142 valence electrons. The Kier molecular flexibility index (Phi) is 4.55. The monoisotopic (exact) mass is 380 g/mol. The molecule has 0 radical (unpaired) electrons. The highest BCUT2D eigenvalue weighted by Gasteiger charge is 2.49. The lowest BCUT2D eigenvalue weighted by Gasteiger charge is -2.34. The molecule has 3 heterocycles. The van der Waals surface area contributed by atoms with Crippen LogP contribution < -0.4 is 0 Å². The Hall–Kier alpha value is -1.47. The molecule has 0 unspecified atom stereocenters. The van der Waals surface area contributed by atoms with Crippen molar-refractivity contribution in [2.75, 3.05) is 31.1 Å². The molecular formula is C19H25FN2O3S. The number of sulfone groups is 1. The van der Waals surface area contributed by atoms with Crippen LogP contribution in [-0.4, -0.2) is 61.3 Å². The van der Waals surface area contributed by atoms with Crippen molar-refractivity contribution in [3.8, 4) is 0 Å². The molecule has 0 spiro atoms. The van der Waals surface area contributed by atoms with Crippen molar-refractivity contribution in [1.82, 2.24) is 9.80 Å². The highest BCUT2D eigenvalue weighted by atomic mass is 32.2. The van der Waals surface area contributed by atoms with Crippen LogP contribution in [0.1, 0.15) is 31.4 Å². The standard InChI is InChI=1S/C19H25FN2O3S/c1-13(23)22-11-15-10-21(17-5-7-26(24,25)8-6-17)12-18(15)19(22)14-3-2-4-16(20)9-14/h2-4,9,15,17-19H,5-8,10-12H2,1H3/t15-,18-,19-/m1/s1. The second kappa shape index (κ2) is 6.60. The van der Waals surface area contributed by atoms with Gasteiger partial charge in [-0.2, -0.15) is 0 Å². The highest BCUT2D eigenvalue weighted by molar-refractivity contribution is 7.91. The first kappa shape index (κ1) is 17.9. The van der Waals surface area contributed by atoms with E-state index in [1.54, 1.807) is 19.1 Å². The predicted octanol–water partition coefficient (Wildman–Crippen LogP) is 1.85. The van der Waals surface area contributed by atoms with Gasteiger partial charge in [0.1, 0.15) is 15.7 Å². The number of nitrogens with zero attached hydrogens (tertiary/aromatic N) is 2. The Balaban J connectivity index is 1.54. The molecular weight excluding hydrogens is 355 g/mol. The number of benzene rings is 1. The van der Waals surface area contributed by atoms with Crippen molar-refractivity contribution < 1.29 is 17.6 Å². The minimum Gasteiger partial charge on any atom is -0.335 e. The number of fused-ring (bicyclic) bond motifs is 1. The Bertz CT molecular complexity index is 799. The number of carbonyl (C=O) groups excluding carboxylic acids is 1. The van der Waals surface area contributed by atoms with Gasteiger partial charge in [-0.05, 0) is 36.5 Å². The van der Waals surface area contributed by atoms with E-state index in [1.807, 2.05) is 11.0 Å². The molecule has 3 aliphatic rings. The van der Waals surface area contributed by atoms with Gasteiger partial charge in [0.05, 0.1) is 17.5 Å². The predicted molar refractivity (Wildman–Crippen MR) is 96.8 cm³/mol. The van der Waals surface area contributed by atoms with Gasteiger partial charge in [0, 0.05) is 38.5 Å². The molecule has 3 atom stereocenters. The summed E-state index contributed by atoms with van der Waals surface area (Å²) in [4.78, 5) is 16.4. The fraction of sp³-hybridized carbons (Fsp3) is 0.632. The average molecular weight is 380 g/mol. The zero-order valence-electron chi connectivity index (χ0n) is 15.0. The molecule has 1 amide bonds. The molecule has 0 saturated carbocycles. The Labute approximate surface area is 154 Å². The molecule has 1 aromatic carbocycles. The van der Waals surface area contributed by atoms with Crippen molar-refractivity contribution in [3.63, 3.8) is 0 Å². The second-order valence-corrected chi connectivity index (χ2v) is 10.2. The maximum absolute atomic E-state index is 13.8. The van der Waals surface area contributed by atoms with Crippen LogP contribution >= 0.6 is 0 Å². The van der Waals surface area contributed by atoms with E-state index in [-0.39, 0.29) is 35.2 Å². The molecule has 1 aromatic rings. The van der Waals surface area contributed by atoms with E-state index >= 15 is 0 Å². The molecule has 5 nitrogen and oxygen atoms in total. The minimum absolute atomic E-state index is 0.0315. The van der Waals surface area contributed by atoms with Gasteiger partial charge in [-0.1, -0.05) is 12.1 Å². The first-order valence-electron chi connectivity index (χ1n) is 9.31. The number of carbonyl (C=O) groups is 1. The summed E-state index contributed by atoms with van der Waals surface area (Å²) < 4.78 is 37.2. The molecule has 3 aliphatic heterocycles. The van der Waals surface area contributed by atoms with E-state index in [2.05, 4.69) is 4.90 Å². The number of amides is 1. The largest absolute Gasteiger partial charge is 0.335 e. The van der Waals surface area contributed by atoms with E-state index in [1.165, 1.54) is 6.07 Å². The molecule has 3 saturated heterocycles. The fourth-order valence-electron chi connectivity index (χ4n) is 5.06. The summed E-state index contributed by atoms with van der Waals surface area (Å²) >= 11 is 0. The lowest BCUT2D eigenvalue weighted by molar-refractivity contribution is -0.130. The lowest BCUT2D eigenvalue weighted by atomic mass is 9.89. The second-order valence-electron chi connectivity index (χ2n) is 7.93. The van der Waals surface area contributed by atoms with Crippen LogP contribution in [0.15, 0.2) is 24.3 Å². The van der Waals surface area contributed by atoms with Crippen LogP contribution in [0.25, 0.3) is 0 Å². The SMILES string of the molecule is CC(=O)N1C[C@H]2CN(C3CCS(=O)(=O)CC3)C[C@H]2[C@H]1c1cccc(F)c1. The van der Waals surface area contributed by atoms with Crippen LogP contribution in [0.2, 0.25) is 0 Å². The topological polar surface area (TPSA) is 57.7 Å². The number of rotatable bonds is 2. The molecule has 0 aromatic heterocycles. The molecule has 3 fully saturated rings. The summed E-state index contributed by atoms with van der Waals surface area (Å²) in [6.45, 7) is 4.02. The number of hydrogen-bond donors (Lipinski definition) is 0. The maximum Gasteiger partial charge on any atom is 0.219 e. The summed E-state index contributed by atoms with van der Waals surface area (Å²) in [5.74, 6) is 0.947. The summed E-state index contributed by atoms with van der Waals surface area (Å²) in [5.41, 5.74) is 0.862. The van der Waals surface area contributed by atoms with Crippen molar-refractivity contribution in [2.45, 2.75) is 31.8 Å². The van der Waals surface area contributed by atoms with Gasteiger partial charge in [-0.25, -0.2) is 12.8 Å². The molecule has 0 aliphatic carbocycles. The molecule has 26 heavy (non-hydrogen) atoms. The quantitative estimate of drug-likeness (QED) is 0.786. The van der Waals surface area contributed by atoms with Gasteiger partial charge in [0.25, 0.3) is 0 Å². The third-order valence-corrected chi connectivity index (χ3v) is 8.04. The van der Waals surface area contributed by atoms with E-state index in [0.717, 1.165) is 18.7 Å². The normalized spacial score (nSPS) is 31.9. The first-order valence-corrected chi connectivity index (χ1v) is 11.1. The van der Waals surface area contributed by atoms with Crippen LogP contribution in [0, 0.1) is 17.7 Å². The van der Waals surface area contributed by atoms with Gasteiger partial charge in [0.2, 0.25) is 5.91 Å². The highest BCUT2D eigenvalue weighted by Crippen LogP contribution is 2.46. The van der Waals surface area contributed by atoms with Crippen molar-refractivity contribution in [2.24, 2.45) is 11.8 Å². The summed E-state index contributed by atoms with van der Waals surface area (Å²) in [7, 11) is -2.86. The van der Waals surface area contributed by atoms with E-state index in [4.69, 9.17) is 0 Å². The van der Waals surface area contributed by atoms with Gasteiger partial charge < -0.3 is 4.90 Å². The average Bonchev–Trinajstić information content (AvgIpc) is 3.12. The zero-order valence-corrected chi connectivity index (χ0v) is 15.8. The van der Waals surface area contributed by atoms with Crippen LogP contribution in [-0.2, 0) is 14.6 Å². The van der Waals surface area contributed by atoms with Crippen LogP contribution in [0.4, 0.5) is 4.39 Å². The third kappa shape index (κ3) is 3.27. The Morgan fingerprint density at radius 1 is 1.15 bits per heavy atom. The van der Waals surface area contributed by atoms with Crippen molar-refractivity contribution >= 4 is 15.7 Å². The fourth-order valence-corrected chi connectivity index (χ4v) is 6.53. The maximum atomic E-state index is 13.8. The van der Waals surface area contributed by atoms with Gasteiger partial charge in [-0.15, -0.1) is 0 Å². The molecule has 4 rings (SSSR count). The Morgan fingerprint density at radius 2 is 1.88 bits per heavy atom. The van der Waals surface area contributed by atoms with Gasteiger partial charge in [-0.3, -0.25) is 9.69 Å². The number of halogens is 1. The summed E-state index contributed by atoms with van der Waals surface area (Å²) in [6.07, 6.45) is 1.39. The van der Waals surface area contributed by atoms with Crippen LogP contribution in [0.5, 0.6) is 0 Å². The molecule has 0 bridgehead atoms. The van der Waals surface area contributed by atoms with E-state index in [9.17, 15) is 17.6 Å². The van der Waals surface area contributed by atoms with Gasteiger partial charge >= 0.3 is 0 Å². The van der Waals surface area contributed by atoms with Crippen LogP contribution in [0.3, 0.4) is 0 Å². The van der Waals surface area contributed by atoms with Gasteiger partial charge in [0.15, 0.2) is 0 Å². The van der Waals surface area contributed by atoms with E-state index < -0.39 is 9.84 Å². The summed E-state index contributed by atoms with van der Waals surface area (Å²) in [5, 5.41) is 0. The smallest absolute Gasteiger partial charge is 0.219 e. The zero-order chi connectivity index (χ0) is 18.5. The summed E-state index contributed by atoms with van der Waals surface area (Å²) in [6, 6.07) is 6.79. The Morgan fingerprint density at radius 3 is 2.54 bits per heavy atom. The van der Waals surface area contributed by atoms with Crippen molar-refractivity contribution in [3.05, 3.63) is 35.6 Å². The lowest BCUT2D eigenvalue weighted by Crippen LogP contribution is -2.42. The van der Waals surface area contributed by atoms with Crippen molar-refractivity contribution in [1.29, 1.82) is 0 Å².